The summed E-state index contributed by atoms with van der Waals surface area (Å²) in [6, 6.07) is 26.4. The van der Waals surface area contributed by atoms with Crippen LogP contribution in [0.15, 0.2) is 90.0 Å². The molecule has 5 nitrogen and oxygen atoms in total. The Morgan fingerprint density at radius 1 is 1.00 bits per heavy atom. The smallest absolute Gasteiger partial charge is 0.254 e. The van der Waals surface area contributed by atoms with E-state index >= 15 is 0 Å². The third kappa shape index (κ3) is 4.27. The number of carbonyl (C=O) groups is 1. The Hall–Kier alpha value is -3.51. The normalized spacial score (nSPS) is 13.6. The standard InChI is InChI=1S/C26H24N4OS/c1-18-15-20(26(31)30-16-22(17-30)28-21-9-3-2-4-10-21)12-13-23(18)29-32-24-11-5-7-19-8-6-14-27-25(19)24/h2-15,22,28-29H,16-17H2,1H3. The van der Waals surface area contributed by atoms with Crippen molar-refractivity contribution in [1.29, 1.82) is 0 Å². The number of para-hydroxylation sites is 2. The summed E-state index contributed by atoms with van der Waals surface area (Å²) in [6.07, 6.45) is 1.81. The first-order valence-corrected chi connectivity index (χ1v) is 11.5. The number of pyridine rings is 1. The number of hydrogen-bond acceptors (Lipinski definition) is 5. The van der Waals surface area contributed by atoms with E-state index in [1.54, 1.807) is 0 Å². The first-order chi connectivity index (χ1) is 15.7. The SMILES string of the molecule is Cc1cc(C(=O)N2CC(Nc3ccccc3)C2)ccc1NSc1cccc2cccnc12. The van der Waals surface area contributed by atoms with Crippen LogP contribution in [-0.4, -0.2) is 34.9 Å². The number of hydrogen-bond donors (Lipinski definition) is 2. The first-order valence-electron chi connectivity index (χ1n) is 10.7. The monoisotopic (exact) mass is 440 g/mol. The number of rotatable bonds is 6. The Labute approximate surface area is 192 Å². The fourth-order valence-electron chi connectivity index (χ4n) is 3.87. The van der Waals surface area contributed by atoms with Crippen LogP contribution in [0.3, 0.4) is 0 Å². The number of nitrogens with one attached hydrogen (secondary N) is 2. The molecular formula is C26H24N4OS. The molecule has 0 bridgehead atoms. The van der Waals surface area contributed by atoms with E-state index in [0.717, 1.165) is 51.4 Å². The zero-order chi connectivity index (χ0) is 21.9. The molecule has 1 saturated heterocycles. The van der Waals surface area contributed by atoms with Crippen LogP contribution in [0, 0.1) is 6.92 Å². The molecule has 2 N–H and O–H groups in total. The second-order valence-electron chi connectivity index (χ2n) is 7.98. The third-order valence-electron chi connectivity index (χ3n) is 5.65. The minimum atomic E-state index is 0.0802. The van der Waals surface area contributed by atoms with Crippen molar-refractivity contribution in [2.24, 2.45) is 0 Å². The molecule has 0 unspecified atom stereocenters. The van der Waals surface area contributed by atoms with E-state index in [4.69, 9.17) is 0 Å². The molecule has 160 valence electrons. The zero-order valence-electron chi connectivity index (χ0n) is 17.8. The van der Waals surface area contributed by atoms with Gasteiger partial charge in [0.1, 0.15) is 0 Å². The van der Waals surface area contributed by atoms with Gasteiger partial charge in [0.15, 0.2) is 0 Å². The molecule has 0 aliphatic carbocycles. The van der Waals surface area contributed by atoms with Gasteiger partial charge in [-0.05, 0) is 66.9 Å². The molecule has 0 spiro atoms. The van der Waals surface area contributed by atoms with Crippen molar-refractivity contribution in [3.05, 3.63) is 96.2 Å². The topological polar surface area (TPSA) is 57.3 Å². The Kier molecular flexibility index (Phi) is 5.69. The predicted octanol–water partition coefficient (Wildman–Crippen LogP) is 5.60. The second-order valence-corrected chi connectivity index (χ2v) is 8.83. The van der Waals surface area contributed by atoms with Crippen LogP contribution in [0.4, 0.5) is 11.4 Å². The summed E-state index contributed by atoms with van der Waals surface area (Å²) in [7, 11) is 0. The molecule has 0 radical (unpaired) electrons. The number of fused-ring (bicyclic) bond motifs is 1. The van der Waals surface area contributed by atoms with Crippen LogP contribution < -0.4 is 10.0 Å². The molecule has 0 saturated carbocycles. The Morgan fingerprint density at radius 3 is 2.62 bits per heavy atom. The molecule has 3 aromatic carbocycles. The lowest BCUT2D eigenvalue weighted by atomic mass is 10.0. The van der Waals surface area contributed by atoms with Gasteiger partial charge < -0.3 is 14.9 Å². The van der Waals surface area contributed by atoms with Crippen molar-refractivity contribution in [3.63, 3.8) is 0 Å². The number of carbonyl (C=O) groups excluding carboxylic acids is 1. The first kappa shape index (κ1) is 20.4. The van der Waals surface area contributed by atoms with Crippen LogP contribution in [0.1, 0.15) is 15.9 Å². The quantitative estimate of drug-likeness (QED) is 0.382. The summed E-state index contributed by atoms with van der Waals surface area (Å²) in [5.41, 5.74) is 4.83. The van der Waals surface area contributed by atoms with Gasteiger partial charge in [-0.2, -0.15) is 0 Å². The lowest BCUT2D eigenvalue weighted by Crippen LogP contribution is -2.57. The van der Waals surface area contributed by atoms with Gasteiger partial charge in [0.2, 0.25) is 0 Å². The highest BCUT2D eigenvalue weighted by atomic mass is 32.2. The highest BCUT2D eigenvalue weighted by Crippen LogP contribution is 2.29. The number of anilines is 2. The lowest BCUT2D eigenvalue weighted by molar-refractivity contribution is 0.0625. The van der Waals surface area contributed by atoms with Gasteiger partial charge in [0.05, 0.1) is 16.5 Å². The number of likely N-dealkylation sites (tertiary alicyclic amines) is 1. The fourth-order valence-corrected chi connectivity index (χ4v) is 4.73. The predicted molar refractivity (Wildman–Crippen MR) is 132 cm³/mol. The van der Waals surface area contributed by atoms with Gasteiger partial charge in [-0.1, -0.05) is 36.4 Å². The van der Waals surface area contributed by atoms with Gasteiger partial charge in [-0.25, -0.2) is 0 Å². The molecule has 5 rings (SSSR count). The molecule has 1 aliphatic heterocycles. The molecule has 1 amide bonds. The van der Waals surface area contributed by atoms with Crippen LogP contribution in [0.2, 0.25) is 0 Å². The molecule has 1 aliphatic rings. The van der Waals surface area contributed by atoms with Crippen molar-refractivity contribution in [1.82, 2.24) is 9.88 Å². The number of aromatic nitrogens is 1. The molecular weight excluding hydrogens is 416 g/mol. The molecule has 0 atom stereocenters. The largest absolute Gasteiger partial charge is 0.379 e. The average molecular weight is 441 g/mol. The van der Waals surface area contributed by atoms with Crippen LogP contribution in [-0.2, 0) is 0 Å². The maximum Gasteiger partial charge on any atom is 0.254 e. The molecule has 2 heterocycles. The van der Waals surface area contributed by atoms with Gasteiger partial charge in [0.25, 0.3) is 5.91 Å². The van der Waals surface area contributed by atoms with Crippen molar-refractivity contribution in [2.75, 3.05) is 23.1 Å². The van der Waals surface area contributed by atoms with Crippen molar-refractivity contribution in [3.8, 4) is 0 Å². The summed E-state index contributed by atoms with van der Waals surface area (Å²) in [6.45, 7) is 3.46. The number of nitrogens with zero attached hydrogens (tertiary/aromatic N) is 2. The minimum Gasteiger partial charge on any atom is -0.379 e. The van der Waals surface area contributed by atoms with Gasteiger partial charge in [-0.3, -0.25) is 9.78 Å². The molecule has 32 heavy (non-hydrogen) atoms. The molecule has 4 aromatic rings. The molecule has 6 heteroatoms. The zero-order valence-corrected chi connectivity index (χ0v) is 18.6. The van der Waals surface area contributed by atoms with E-state index in [1.807, 2.05) is 78.7 Å². The second kappa shape index (κ2) is 8.93. The number of aryl methyl sites for hydroxylation is 1. The minimum absolute atomic E-state index is 0.0802. The Bertz CT molecular complexity index is 1250. The molecule has 1 fully saturated rings. The highest BCUT2D eigenvalue weighted by molar-refractivity contribution is 8.00. The lowest BCUT2D eigenvalue weighted by Gasteiger charge is -2.40. The summed E-state index contributed by atoms with van der Waals surface area (Å²) in [5, 5.41) is 4.59. The van der Waals surface area contributed by atoms with Crippen molar-refractivity contribution < 1.29 is 4.79 Å². The van der Waals surface area contributed by atoms with Crippen LogP contribution in [0.5, 0.6) is 0 Å². The van der Waals surface area contributed by atoms with E-state index in [0.29, 0.717) is 6.04 Å². The Balaban J connectivity index is 1.20. The van der Waals surface area contributed by atoms with Crippen molar-refractivity contribution >= 4 is 40.1 Å². The van der Waals surface area contributed by atoms with E-state index in [2.05, 4.69) is 33.2 Å². The number of benzene rings is 3. The van der Waals surface area contributed by atoms with Crippen molar-refractivity contribution in [2.45, 2.75) is 17.9 Å². The average Bonchev–Trinajstić information content (AvgIpc) is 2.80. The van der Waals surface area contributed by atoms with Crippen LogP contribution in [0.25, 0.3) is 10.9 Å². The highest BCUT2D eigenvalue weighted by Gasteiger charge is 2.31. The van der Waals surface area contributed by atoms with Crippen LogP contribution >= 0.6 is 11.9 Å². The molecule has 1 aromatic heterocycles. The Morgan fingerprint density at radius 2 is 1.81 bits per heavy atom. The van der Waals surface area contributed by atoms with E-state index in [9.17, 15) is 4.79 Å². The maximum atomic E-state index is 12.9. The third-order valence-corrected chi connectivity index (χ3v) is 6.52. The van der Waals surface area contributed by atoms with Gasteiger partial charge in [0, 0.05) is 41.6 Å². The summed E-state index contributed by atoms with van der Waals surface area (Å²) < 4.78 is 3.42. The number of amides is 1. The van der Waals surface area contributed by atoms with Gasteiger partial charge >= 0.3 is 0 Å². The van der Waals surface area contributed by atoms with E-state index < -0.39 is 0 Å². The van der Waals surface area contributed by atoms with E-state index in [1.165, 1.54) is 11.9 Å². The maximum absolute atomic E-state index is 12.9. The summed E-state index contributed by atoms with van der Waals surface area (Å²) in [5.74, 6) is 0.0802. The van der Waals surface area contributed by atoms with Gasteiger partial charge in [-0.15, -0.1) is 0 Å². The van der Waals surface area contributed by atoms with E-state index in [-0.39, 0.29) is 5.91 Å². The summed E-state index contributed by atoms with van der Waals surface area (Å²) >= 11 is 1.54. The summed E-state index contributed by atoms with van der Waals surface area (Å²) in [4.78, 5) is 20.3. The fraction of sp³-hybridized carbons (Fsp3) is 0.154.